The van der Waals surface area contributed by atoms with E-state index in [4.69, 9.17) is 5.14 Å². The fraction of sp³-hybridized carbons (Fsp3) is 0.333. The van der Waals surface area contributed by atoms with Crippen molar-refractivity contribution in [2.24, 2.45) is 5.14 Å². The molecule has 0 amide bonds. The standard InChI is InChI=1S/C7H8FNO2S.C2H6/c1-5-3-2-4-6(8)7(5)12(9,10)11;1-2/h2-4H,1H3,(H2,9,10,11);1-2H3. The van der Waals surface area contributed by atoms with Gasteiger partial charge in [0.25, 0.3) is 0 Å². The predicted molar refractivity (Wildman–Crippen MR) is 53.9 cm³/mol. The maximum atomic E-state index is 12.9. The van der Waals surface area contributed by atoms with Crippen molar-refractivity contribution in [1.29, 1.82) is 0 Å². The molecule has 1 aromatic rings. The Morgan fingerprint density at radius 2 is 1.79 bits per heavy atom. The third-order valence-electron chi connectivity index (χ3n) is 1.45. The first-order valence-electron chi connectivity index (χ1n) is 4.21. The molecule has 80 valence electrons. The molecule has 1 aromatic carbocycles. The second kappa shape index (κ2) is 5.07. The molecule has 0 bridgehead atoms. The molecule has 0 unspecified atom stereocenters. The Morgan fingerprint density at radius 1 is 1.29 bits per heavy atom. The van der Waals surface area contributed by atoms with E-state index in [1.165, 1.54) is 19.1 Å². The molecule has 14 heavy (non-hydrogen) atoms. The van der Waals surface area contributed by atoms with Gasteiger partial charge in [-0.15, -0.1) is 0 Å². The lowest BCUT2D eigenvalue weighted by atomic mass is 10.2. The van der Waals surface area contributed by atoms with Gasteiger partial charge in [-0.05, 0) is 18.6 Å². The van der Waals surface area contributed by atoms with Crippen LogP contribution >= 0.6 is 0 Å². The van der Waals surface area contributed by atoms with E-state index in [1.807, 2.05) is 13.8 Å². The van der Waals surface area contributed by atoms with Gasteiger partial charge in [-0.2, -0.15) is 0 Å². The smallest absolute Gasteiger partial charge is 0.225 e. The van der Waals surface area contributed by atoms with E-state index >= 15 is 0 Å². The molecule has 0 fully saturated rings. The summed E-state index contributed by atoms with van der Waals surface area (Å²) >= 11 is 0. The zero-order chi connectivity index (χ0) is 11.4. The van der Waals surface area contributed by atoms with Crippen LogP contribution in [0.25, 0.3) is 0 Å². The number of rotatable bonds is 1. The van der Waals surface area contributed by atoms with Crippen LogP contribution in [0.15, 0.2) is 23.1 Å². The Hall–Kier alpha value is -0.940. The second-order valence-electron chi connectivity index (χ2n) is 2.43. The summed E-state index contributed by atoms with van der Waals surface area (Å²) in [7, 11) is -3.94. The van der Waals surface area contributed by atoms with E-state index in [2.05, 4.69) is 0 Å². The molecule has 0 atom stereocenters. The fourth-order valence-corrected chi connectivity index (χ4v) is 1.83. The van der Waals surface area contributed by atoms with Crippen molar-refractivity contribution in [3.8, 4) is 0 Å². The average molecular weight is 219 g/mol. The normalized spacial score (nSPS) is 10.4. The first-order chi connectivity index (χ1) is 6.43. The molecule has 0 aromatic heterocycles. The second-order valence-corrected chi connectivity index (χ2v) is 3.93. The number of aryl methyl sites for hydroxylation is 1. The number of nitrogens with two attached hydrogens (primary N) is 1. The number of halogens is 1. The Kier molecular flexibility index (Phi) is 4.73. The SMILES string of the molecule is CC.Cc1cccc(F)c1S(N)(=O)=O. The van der Waals surface area contributed by atoms with Gasteiger partial charge >= 0.3 is 0 Å². The summed E-state index contributed by atoms with van der Waals surface area (Å²) in [4.78, 5) is -0.426. The van der Waals surface area contributed by atoms with Crippen LogP contribution in [0.4, 0.5) is 4.39 Å². The van der Waals surface area contributed by atoms with Crippen LogP contribution in [0.3, 0.4) is 0 Å². The predicted octanol–water partition coefficient (Wildman–Crippen LogP) is 1.81. The Labute approximate surface area is 83.8 Å². The molecule has 0 saturated heterocycles. The molecule has 5 heteroatoms. The van der Waals surface area contributed by atoms with Gasteiger partial charge in [-0.1, -0.05) is 26.0 Å². The molecule has 1 rings (SSSR count). The lowest BCUT2D eigenvalue weighted by molar-refractivity contribution is 0.566. The molecule has 0 radical (unpaired) electrons. The Bertz CT molecular complexity index is 381. The minimum atomic E-state index is -3.94. The average Bonchev–Trinajstić information content (AvgIpc) is 2.05. The first kappa shape index (κ1) is 13.1. The minimum Gasteiger partial charge on any atom is -0.225 e. The van der Waals surface area contributed by atoms with Gasteiger partial charge in [0.15, 0.2) is 0 Å². The summed E-state index contributed by atoms with van der Waals surface area (Å²) in [6, 6.07) is 3.98. The van der Waals surface area contributed by atoms with Crippen molar-refractivity contribution in [2.45, 2.75) is 25.7 Å². The fourth-order valence-electron chi connectivity index (χ4n) is 0.977. The lowest BCUT2D eigenvalue weighted by Crippen LogP contribution is -2.15. The largest absolute Gasteiger partial charge is 0.241 e. The van der Waals surface area contributed by atoms with E-state index in [0.717, 1.165) is 6.07 Å². The molecule has 0 aliphatic heterocycles. The van der Waals surface area contributed by atoms with Crippen LogP contribution in [0.2, 0.25) is 0 Å². The highest BCUT2D eigenvalue weighted by Crippen LogP contribution is 2.16. The molecule has 0 heterocycles. The Balaban J connectivity index is 0.000000791. The summed E-state index contributed by atoms with van der Waals surface area (Å²) in [5, 5.41) is 4.79. The van der Waals surface area contributed by atoms with Crippen molar-refractivity contribution < 1.29 is 12.8 Å². The van der Waals surface area contributed by atoms with Gasteiger partial charge in [-0.25, -0.2) is 17.9 Å². The lowest BCUT2D eigenvalue weighted by Gasteiger charge is -2.02. The van der Waals surface area contributed by atoms with Crippen molar-refractivity contribution in [3.63, 3.8) is 0 Å². The third-order valence-corrected chi connectivity index (χ3v) is 2.53. The Morgan fingerprint density at radius 3 is 2.07 bits per heavy atom. The number of benzene rings is 1. The van der Waals surface area contributed by atoms with Gasteiger partial charge in [0, 0.05) is 0 Å². The van der Waals surface area contributed by atoms with Crippen molar-refractivity contribution in [2.75, 3.05) is 0 Å². The summed E-state index contributed by atoms with van der Waals surface area (Å²) in [6.07, 6.45) is 0. The van der Waals surface area contributed by atoms with Gasteiger partial charge in [-0.3, -0.25) is 0 Å². The minimum absolute atomic E-state index is 0.317. The van der Waals surface area contributed by atoms with Gasteiger partial charge in [0.05, 0.1) is 0 Å². The van der Waals surface area contributed by atoms with E-state index in [0.29, 0.717) is 5.56 Å². The van der Waals surface area contributed by atoms with E-state index in [1.54, 1.807) is 0 Å². The summed E-state index contributed by atoms with van der Waals surface area (Å²) in [6.45, 7) is 5.49. The molecule has 0 saturated carbocycles. The van der Waals surface area contributed by atoms with Crippen LogP contribution in [0.5, 0.6) is 0 Å². The molecule has 0 spiro atoms. The number of hydrogen-bond donors (Lipinski definition) is 1. The zero-order valence-corrected chi connectivity index (χ0v) is 9.23. The quantitative estimate of drug-likeness (QED) is 0.783. The highest BCUT2D eigenvalue weighted by Gasteiger charge is 2.15. The van der Waals surface area contributed by atoms with Gasteiger partial charge in [0.1, 0.15) is 10.7 Å². The van der Waals surface area contributed by atoms with Crippen LogP contribution in [0, 0.1) is 12.7 Å². The zero-order valence-electron chi connectivity index (χ0n) is 8.41. The molecule has 0 aliphatic rings. The molecular formula is C9H14FNO2S. The van der Waals surface area contributed by atoms with Crippen LogP contribution in [0.1, 0.15) is 19.4 Å². The van der Waals surface area contributed by atoms with Crippen LogP contribution < -0.4 is 5.14 Å². The maximum Gasteiger partial charge on any atom is 0.241 e. The van der Waals surface area contributed by atoms with Gasteiger partial charge in [0.2, 0.25) is 10.0 Å². The number of primary sulfonamides is 1. The van der Waals surface area contributed by atoms with E-state index in [9.17, 15) is 12.8 Å². The monoisotopic (exact) mass is 219 g/mol. The summed E-state index contributed by atoms with van der Waals surface area (Å²) in [5.41, 5.74) is 0.317. The van der Waals surface area contributed by atoms with E-state index in [-0.39, 0.29) is 0 Å². The first-order valence-corrected chi connectivity index (χ1v) is 5.75. The third kappa shape index (κ3) is 3.08. The highest BCUT2D eigenvalue weighted by molar-refractivity contribution is 7.89. The van der Waals surface area contributed by atoms with Crippen LogP contribution in [-0.2, 0) is 10.0 Å². The number of sulfonamides is 1. The topological polar surface area (TPSA) is 60.2 Å². The molecule has 2 N–H and O–H groups in total. The highest BCUT2D eigenvalue weighted by atomic mass is 32.2. The molecule has 0 aliphatic carbocycles. The van der Waals surface area contributed by atoms with Crippen LogP contribution in [-0.4, -0.2) is 8.42 Å². The van der Waals surface area contributed by atoms with Crippen molar-refractivity contribution in [1.82, 2.24) is 0 Å². The summed E-state index contributed by atoms with van der Waals surface area (Å²) < 4.78 is 34.5. The molecular weight excluding hydrogens is 205 g/mol. The van der Waals surface area contributed by atoms with Gasteiger partial charge < -0.3 is 0 Å². The summed E-state index contributed by atoms with van der Waals surface area (Å²) in [5.74, 6) is -0.808. The maximum absolute atomic E-state index is 12.9. The van der Waals surface area contributed by atoms with Crippen molar-refractivity contribution in [3.05, 3.63) is 29.6 Å². The number of hydrogen-bond acceptors (Lipinski definition) is 2. The van der Waals surface area contributed by atoms with Crippen molar-refractivity contribution >= 4 is 10.0 Å². The molecule has 3 nitrogen and oxygen atoms in total. The van der Waals surface area contributed by atoms with E-state index < -0.39 is 20.7 Å².